The van der Waals surface area contributed by atoms with E-state index in [0.29, 0.717) is 19.1 Å². The molecular weight excluding hydrogens is 300 g/mol. The molecule has 3 aromatic rings. The maximum atomic E-state index is 10.7. The van der Waals surface area contributed by atoms with Crippen LogP contribution in [0.15, 0.2) is 48.5 Å². The molecule has 2 heterocycles. The predicted octanol–water partition coefficient (Wildman–Crippen LogP) is 2.88. The number of hydrogen-bond acceptors (Lipinski definition) is 3. The Morgan fingerprint density at radius 3 is 2.29 bits per heavy atom. The quantitative estimate of drug-likeness (QED) is 0.802. The fourth-order valence-electron chi connectivity index (χ4n) is 3.77. The van der Waals surface area contributed by atoms with E-state index in [0.717, 1.165) is 19.8 Å². The molecule has 126 valence electrons. The molecule has 24 heavy (non-hydrogen) atoms. The fourth-order valence-corrected chi connectivity index (χ4v) is 3.77. The fraction of sp³-hybridized carbons (Fsp3) is 0.400. The Morgan fingerprint density at radius 1 is 1.04 bits per heavy atom. The average molecular weight is 324 g/mol. The third kappa shape index (κ3) is 2.81. The highest BCUT2D eigenvalue weighted by molar-refractivity contribution is 6.07. The van der Waals surface area contributed by atoms with Crippen LogP contribution in [-0.4, -0.2) is 53.0 Å². The summed E-state index contributed by atoms with van der Waals surface area (Å²) in [5.74, 6) is 0. The third-order valence-corrected chi connectivity index (χ3v) is 5.02. The molecule has 0 amide bonds. The summed E-state index contributed by atoms with van der Waals surface area (Å²) >= 11 is 0. The number of hydrogen-bond donors (Lipinski definition) is 1. The molecular formula is C20H24N2O2. The topological polar surface area (TPSA) is 37.6 Å². The lowest BCUT2D eigenvalue weighted by molar-refractivity contribution is -0.0218. The van der Waals surface area contributed by atoms with Gasteiger partial charge in [0.2, 0.25) is 0 Å². The molecule has 0 aliphatic carbocycles. The number of aliphatic hydroxyl groups is 1. The monoisotopic (exact) mass is 324 g/mol. The molecule has 4 heteroatoms. The molecule has 1 saturated heterocycles. The number of benzene rings is 2. The van der Waals surface area contributed by atoms with Gasteiger partial charge < -0.3 is 14.4 Å². The van der Waals surface area contributed by atoms with Gasteiger partial charge in [-0.25, -0.2) is 0 Å². The highest BCUT2D eigenvalue weighted by Crippen LogP contribution is 2.28. The van der Waals surface area contributed by atoms with E-state index in [1.165, 1.54) is 21.8 Å². The molecule has 1 aliphatic heterocycles. The van der Waals surface area contributed by atoms with Crippen molar-refractivity contribution in [3.63, 3.8) is 0 Å². The maximum absolute atomic E-state index is 10.7. The highest BCUT2D eigenvalue weighted by atomic mass is 16.5. The number of fused-ring (bicyclic) bond motifs is 3. The van der Waals surface area contributed by atoms with Gasteiger partial charge in [0.1, 0.15) is 0 Å². The molecule has 1 N–H and O–H groups in total. The third-order valence-electron chi connectivity index (χ3n) is 5.02. The molecule has 1 aromatic heterocycles. The first-order valence-corrected chi connectivity index (χ1v) is 8.70. The van der Waals surface area contributed by atoms with Crippen molar-refractivity contribution in [1.29, 1.82) is 0 Å². The summed E-state index contributed by atoms with van der Waals surface area (Å²) in [6.07, 6.45) is -0.398. The van der Waals surface area contributed by atoms with Crippen molar-refractivity contribution in [2.45, 2.75) is 25.6 Å². The number of para-hydroxylation sites is 2. The smallest absolute Gasteiger partial charge is 0.0846 e. The van der Waals surface area contributed by atoms with Gasteiger partial charge in [-0.15, -0.1) is 0 Å². The first kappa shape index (κ1) is 15.6. The molecule has 1 aliphatic rings. The van der Waals surface area contributed by atoms with Crippen LogP contribution in [0, 0.1) is 0 Å². The van der Waals surface area contributed by atoms with Crippen molar-refractivity contribution in [2.24, 2.45) is 0 Å². The molecule has 0 saturated carbocycles. The van der Waals surface area contributed by atoms with Crippen LogP contribution in [0.1, 0.15) is 6.92 Å². The van der Waals surface area contributed by atoms with Crippen LogP contribution in [0.25, 0.3) is 21.8 Å². The standard InChI is InChI=1S/C20H24N2O2/c1-15-14-24-11-10-21(15)12-16(23)13-22-19-8-4-2-6-17(19)18-7-3-5-9-20(18)22/h2-9,15-16,23H,10-14H2,1H3/t15-,16+/m1/s1. The Labute approximate surface area is 142 Å². The van der Waals surface area contributed by atoms with Crippen LogP contribution < -0.4 is 0 Å². The van der Waals surface area contributed by atoms with Crippen LogP contribution in [0.4, 0.5) is 0 Å². The van der Waals surface area contributed by atoms with Crippen LogP contribution in [0.2, 0.25) is 0 Å². The van der Waals surface area contributed by atoms with Gasteiger partial charge in [0, 0.05) is 40.9 Å². The number of morpholine rings is 1. The lowest BCUT2D eigenvalue weighted by atomic mass is 10.2. The zero-order valence-corrected chi connectivity index (χ0v) is 14.1. The van der Waals surface area contributed by atoms with E-state index in [4.69, 9.17) is 4.74 Å². The lowest BCUT2D eigenvalue weighted by Gasteiger charge is -2.34. The zero-order chi connectivity index (χ0) is 16.5. The molecule has 0 spiro atoms. The van der Waals surface area contributed by atoms with Gasteiger partial charge in [0.05, 0.1) is 25.9 Å². The van der Waals surface area contributed by atoms with Crippen LogP contribution >= 0.6 is 0 Å². The van der Waals surface area contributed by atoms with Gasteiger partial charge >= 0.3 is 0 Å². The van der Waals surface area contributed by atoms with E-state index >= 15 is 0 Å². The zero-order valence-electron chi connectivity index (χ0n) is 14.1. The summed E-state index contributed by atoms with van der Waals surface area (Å²) in [6.45, 7) is 5.86. The van der Waals surface area contributed by atoms with Crippen molar-refractivity contribution in [2.75, 3.05) is 26.3 Å². The van der Waals surface area contributed by atoms with E-state index < -0.39 is 6.10 Å². The Kier molecular flexibility index (Phi) is 4.27. The molecule has 4 rings (SSSR count). The van der Waals surface area contributed by atoms with Crippen LogP contribution in [0.5, 0.6) is 0 Å². The molecule has 0 radical (unpaired) electrons. The number of aromatic nitrogens is 1. The van der Waals surface area contributed by atoms with E-state index in [2.05, 4.69) is 64.9 Å². The number of rotatable bonds is 4. The van der Waals surface area contributed by atoms with Crippen molar-refractivity contribution in [3.8, 4) is 0 Å². The summed E-state index contributed by atoms with van der Waals surface area (Å²) in [7, 11) is 0. The highest BCUT2D eigenvalue weighted by Gasteiger charge is 2.22. The molecule has 4 nitrogen and oxygen atoms in total. The van der Waals surface area contributed by atoms with E-state index in [-0.39, 0.29) is 0 Å². The van der Waals surface area contributed by atoms with Gasteiger partial charge in [-0.1, -0.05) is 36.4 Å². The minimum atomic E-state index is -0.398. The number of ether oxygens (including phenoxy) is 1. The van der Waals surface area contributed by atoms with Gasteiger partial charge in [-0.3, -0.25) is 4.90 Å². The van der Waals surface area contributed by atoms with E-state index in [9.17, 15) is 5.11 Å². The number of β-amino-alcohol motifs (C(OH)–C–C–N with tert-alkyl or cyclic N) is 1. The second-order valence-corrected chi connectivity index (χ2v) is 6.72. The second-order valence-electron chi connectivity index (χ2n) is 6.72. The minimum absolute atomic E-state index is 0.367. The molecule has 1 fully saturated rings. The first-order chi connectivity index (χ1) is 11.7. The number of aliphatic hydroxyl groups excluding tert-OH is 1. The molecule has 2 aromatic carbocycles. The van der Waals surface area contributed by atoms with Crippen molar-refractivity contribution >= 4 is 21.8 Å². The summed E-state index contributed by atoms with van der Waals surface area (Å²) in [6, 6.07) is 17.2. The predicted molar refractivity (Wildman–Crippen MR) is 97.3 cm³/mol. The minimum Gasteiger partial charge on any atom is -0.390 e. The maximum Gasteiger partial charge on any atom is 0.0846 e. The molecule has 0 unspecified atom stereocenters. The average Bonchev–Trinajstić information content (AvgIpc) is 2.92. The second kappa shape index (κ2) is 6.55. The van der Waals surface area contributed by atoms with Gasteiger partial charge in [0.25, 0.3) is 0 Å². The van der Waals surface area contributed by atoms with Crippen LogP contribution in [0.3, 0.4) is 0 Å². The van der Waals surface area contributed by atoms with Gasteiger partial charge in [-0.2, -0.15) is 0 Å². The normalized spacial score (nSPS) is 20.7. The molecule has 0 bridgehead atoms. The molecule has 2 atom stereocenters. The van der Waals surface area contributed by atoms with Gasteiger partial charge in [-0.05, 0) is 19.1 Å². The van der Waals surface area contributed by atoms with Crippen molar-refractivity contribution in [1.82, 2.24) is 9.47 Å². The largest absolute Gasteiger partial charge is 0.390 e. The summed E-state index contributed by atoms with van der Waals surface area (Å²) < 4.78 is 7.74. The van der Waals surface area contributed by atoms with Gasteiger partial charge in [0.15, 0.2) is 0 Å². The van der Waals surface area contributed by atoms with Crippen molar-refractivity contribution in [3.05, 3.63) is 48.5 Å². The van der Waals surface area contributed by atoms with E-state index in [1.807, 2.05) is 0 Å². The Bertz CT molecular complexity index is 789. The lowest BCUT2D eigenvalue weighted by Crippen LogP contribution is -2.47. The summed E-state index contributed by atoms with van der Waals surface area (Å²) in [5.41, 5.74) is 2.38. The summed E-state index contributed by atoms with van der Waals surface area (Å²) in [4.78, 5) is 2.32. The Morgan fingerprint density at radius 2 is 1.67 bits per heavy atom. The van der Waals surface area contributed by atoms with E-state index in [1.54, 1.807) is 0 Å². The summed E-state index contributed by atoms with van der Waals surface area (Å²) in [5, 5.41) is 13.2. The Balaban J connectivity index is 1.63. The first-order valence-electron chi connectivity index (χ1n) is 8.70. The number of nitrogens with zero attached hydrogens (tertiary/aromatic N) is 2. The SMILES string of the molecule is C[C@@H]1COCCN1C[C@H](O)Cn1c2ccccc2c2ccccc21. The van der Waals surface area contributed by atoms with Crippen molar-refractivity contribution < 1.29 is 9.84 Å². The van der Waals surface area contributed by atoms with Crippen LogP contribution in [-0.2, 0) is 11.3 Å². The Hall–Kier alpha value is -1.88.